The average molecular weight is 563 g/mol. The Kier molecular flexibility index (Phi) is 5.75. The number of Topliss-reactive ketones (excluding diaryl/α,β-unsaturated/α-hetero) is 2. The van der Waals surface area contributed by atoms with Gasteiger partial charge in [-0.25, -0.2) is 0 Å². The maximum absolute atomic E-state index is 14.0. The van der Waals surface area contributed by atoms with Crippen LogP contribution in [-0.2, 0) is 29.8 Å². The first-order valence-corrected chi connectivity index (χ1v) is 15.8. The van der Waals surface area contributed by atoms with E-state index in [1.54, 1.807) is 25.1 Å². The molecule has 2 N–H and O–H groups in total. The lowest BCUT2D eigenvalue weighted by Crippen LogP contribution is -2.55. The molecule has 7 unspecified atom stereocenters. The van der Waals surface area contributed by atoms with E-state index in [4.69, 9.17) is 0 Å². The van der Waals surface area contributed by atoms with E-state index in [0.717, 1.165) is 0 Å². The first-order valence-electron chi connectivity index (χ1n) is 12.8. The van der Waals surface area contributed by atoms with Crippen LogP contribution in [0.5, 0.6) is 0 Å². The van der Waals surface area contributed by atoms with Crippen LogP contribution in [0.25, 0.3) is 0 Å². The van der Waals surface area contributed by atoms with Gasteiger partial charge in [0.2, 0.25) is 0 Å². The highest BCUT2D eigenvalue weighted by atomic mass is 32.2. The number of ketones is 2. The molecular weight excluding hydrogens is 528 g/mol. The highest BCUT2D eigenvalue weighted by molar-refractivity contribution is 7.86. The van der Waals surface area contributed by atoms with Crippen molar-refractivity contribution in [2.75, 3.05) is 0 Å². The Labute approximate surface area is 224 Å². The average Bonchev–Trinajstić information content (AvgIpc) is 3.34. The van der Waals surface area contributed by atoms with Gasteiger partial charge in [0.1, 0.15) is 10.5 Å². The highest BCUT2D eigenvalue weighted by Gasteiger charge is 2.77. The highest BCUT2D eigenvalue weighted by Crippen LogP contribution is 2.75. The first-order chi connectivity index (χ1) is 17.4. The molecule has 4 saturated carbocycles. The third-order valence-electron chi connectivity index (χ3n) is 11.1. The summed E-state index contributed by atoms with van der Waals surface area (Å²) in [6.07, 6.45) is 0.879. The molecule has 1 aromatic rings. The Balaban J connectivity index is 1.75. The van der Waals surface area contributed by atoms with E-state index in [2.05, 4.69) is 13.2 Å². The van der Waals surface area contributed by atoms with Crippen LogP contribution >= 0.6 is 0 Å². The molecule has 8 nitrogen and oxygen atoms in total. The molecule has 4 fully saturated rings. The minimum atomic E-state index is -4.87. The van der Waals surface area contributed by atoms with Gasteiger partial charge < -0.3 is 0 Å². The standard InChI is InChI=1S/C28H34O8S2/c1-16-19-11-13-27(22(16)29,25(19,3)4)21(37(31,32)33)15-26(5)20-12-14-28(26,23(30)17(20)2)24(38(34,35)36)18-9-7-6-8-10-18/h6-10,19-21,24H,1-2,11-15H2,3-5H3,(H,31,32,33)(H,34,35,36). The Morgan fingerprint density at radius 2 is 1.34 bits per heavy atom. The van der Waals surface area contributed by atoms with Crippen molar-refractivity contribution < 1.29 is 35.5 Å². The van der Waals surface area contributed by atoms with Crippen LogP contribution < -0.4 is 0 Å². The van der Waals surface area contributed by atoms with Gasteiger partial charge >= 0.3 is 0 Å². The van der Waals surface area contributed by atoms with Crippen molar-refractivity contribution in [1.29, 1.82) is 0 Å². The molecule has 0 aromatic heterocycles. The summed E-state index contributed by atoms with van der Waals surface area (Å²) >= 11 is 0. The summed E-state index contributed by atoms with van der Waals surface area (Å²) in [6.45, 7) is 13.2. The van der Waals surface area contributed by atoms with E-state index in [9.17, 15) is 35.5 Å². The first kappa shape index (κ1) is 27.4. The summed E-state index contributed by atoms with van der Waals surface area (Å²) in [6, 6.07) is 7.92. The van der Waals surface area contributed by atoms with Gasteiger partial charge in [0.05, 0.1) is 10.8 Å². The van der Waals surface area contributed by atoms with Crippen LogP contribution in [0.2, 0.25) is 0 Å². The summed E-state index contributed by atoms with van der Waals surface area (Å²) in [7, 11) is -9.74. The number of fused-ring (bicyclic) bond motifs is 4. The molecule has 0 aliphatic heterocycles. The molecule has 4 aliphatic carbocycles. The maximum Gasteiger partial charge on any atom is 0.273 e. The van der Waals surface area contributed by atoms with Gasteiger partial charge in [0.25, 0.3) is 20.2 Å². The molecule has 0 amide bonds. The van der Waals surface area contributed by atoms with Crippen molar-refractivity contribution in [3.63, 3.8) is 0 Å². The van der Waals surface area contributed by atoms with Gasteiger partial charge in [-0.05, 0) is 71.5 Å². The molecule has 0 heterocycles. The van der Waals surface area contributed by atoms with E-state index in [1.165, 1.54) is 12.1 Å². The van der Waals surface area contributed by atoms with E-state index in [1.807, 2.05) is 13.8 Å². The Bertz CT molecular complexity index is 1490. The van der Waals surface area contributed by atoms with Gasteiger partial charge in [0.15, 0.2) is 11.6 Å². The monoisotopic (exact) mass is 562 g/mol. The number of allylic oxidation sites excluding steroid dienone is 2. The predicted molar refractivity (Wildman–Crippen MR) is 141 cm³/mol. The lowest BCUT2D eigenvalue weighted by molar-refractivity contribution is -0.129. The molecular formula is C28H34O8S2. The fraction of sp³-hybridized carbons (Fsp3) is 0.571. The Morgan fingerprint density at radius 1 is 0.842 bits per heavy atom. The molecule has 10 heteroatoms. The number of benzene rings is 1. The number of hydrogen-bond acceptors (Lipinski definition) is 6. The second-order valence-electron chi connectivity index (χ2n) is 12.5. The maximum atomic E-state index is 14.0. The third-order valence-corrected chi connectivity index (χ3v) is 13.6. The van der Waals surface area contributed by atoms with Crippen LogP contribution in [0, 0.1) is 33.5 Å². The Morgan fingerprint density at radius 3 is 1.84 bits per heavy atom. The lowest BCUT2D eigenvalue weighted by atomic mass is 9.58. The zero-order valence-electron chi connectivity index (χ0n) is 21.8. The van der Waals surface area contributed by atoms with Crippen LogP contribution in [0.15, 0.2) is 54.6 Å². The molecule has 7 atom stereocenters. The second kappa shape index (κ2) is 7.96. The van der Waals surface area contributed by atoms with Crippen LogP contribution in [0.4, 0.5) is 0 Å². The summed E-state index contributed by atoms with van der Waals surface area (Å²) < 4.78 is 73.8. The van der Waals surface area contributed by atoms with E-state index >= 15 is 0 Å². The molecule has 0 saturated heterocycles. The largest absolute Gasteiger partial charge is 0.294 e. The van der Waals surface area contributed by atoms with Crippen molar-refractivity contribution in [2.24, 2.45) is 33.5 Å². The van der Waals surface area contributed by atoms with Gasteiger partial charge in [-0.2, -0.15) is 16.8 Å². The second-order valence-corrected chi connectivity index (χ2v) is 15.6. The quantitative estimate of drug-likeness (QED) is 0.369. The molecule has 4 bridgehead atoms. The Hall–Kier alpha value is -2.14. The fourth-order valence-electron chi connectivity index (χ4n) is 9.34. The van der Waals surface area contributed by atoms with Crippen molar-refractivity contribution in [3.05, 3.63) is 60.2 Å². The van der Waals surface area contributed by atoms with Crippen molar-refractivity contribution in [2.45, 2.75) is 63.4 Å². The van der Waals surface area contributed by atoms with E-state index < -0.39 is 69.9 Å². The summed E-state index contributed by atoms with van der Waals surface area (Å²) in [5.41, 5.74) is -4.65. The topological polar surface area (TPSA) is 143 Å². The molecule has 206 valence electrons. The van der Waals surface area contributed by atoms with Crippen molar-refractivity contribution >= 4 is 31.8 Å². The molecule has 1 aromatic carbocycles. The lowest BCUT2D eigenvalue weighted by Gasteiger charge is -2.48. The van der Waals surface area contributed by atoms with Crippen LogP contribution in [-0.4, -0.2) is 42.8 Å². The zero-order valence-corrected chi connectivity index (χ0v) is 23.4. The molecule has 4 aliphatic rings. The fourth-order valence-corrected chi connectivity index (χ4v) is 12.4. The van der Waals surface area contributed by atoms with Crippen LogP contribution in [0.1, 0.15) is 63.7 Å². The van der Waals surface area contributed by atoms with Crippen LogP contribution in [0.3, 0.4) is 0 Å². The molecule has 0 radical (unpaired) electrons. The third kappa shape index (κ3) is 3.09. The molecule has 0 spiro atoms. The van der Waals surface area contributed by atoms with Crippen molar-refractivity contribution in [3.8, 4) is 0 Å². The minimum absolute atomic E-state index is 0.0865. The SMILES string of the molecule is C=C1C(=O)C2(C(CC3(C)C4CCC3(C(c3ccccc3)S(=O)(=O)O)C(=O)C4=C)S(=O)(=O)O)CCC1C2(C)C. The van der Waals surface area contributed by atoms with Gasteiger partial charge in [-0.15, -0.1) is 0 Å². The number of carbonyl (C=O) groups is 2. The number of carbonyl (C=O) groups excluding carboxylic acids is 2. The van der Waals surface area contributed by atoms with E-state index in [0.29, 0.717) is 18.4 Å². The van der Waals surface area contributed by atoms with Gasteiger partial charge in [-0.3, -0.25) is 18.7 Å². The molecule has 38 heavy (non-hydrogen) atoms. The van der Waals surface area contributed by atoms with Gasteiger partial charge in [0, 0.05) is 0 Å². The van der Waals surface area contributed by atoms with E-state index in [-0.39, 0.29) is 36.3 Å². The molecule has 5 rings (SSSR count). The minimum Gasteiger partial charge on any atom is -0.294 e. The predicted octanol–water partition coefficient (Wildman–Crippen LogP) is 4.37. The summed E-state index contributed by atoms with van der Waals surface area (Å²) in [5, 5.41) is -3.26. The van der Waals surface area contributed by atoms with Crippen molar-refractivity contribution in [1.82, 2.24) is 0 Å². The number of hydrogen-bond donors (Lipinski definition) is 2. The smallest absolute Gasteiger partial charge is 0.273 e. The zero-order chi connectivity index (χ0) is 28.3. The summed E-state index contributed by atoms with van der Waals surface area (Å²) in [5.74, 6) is -1.75. The summed E-state index contributed by atoms with van der Waals surface area (Å²) in [4.78, 5) is 27.6. The van der Waals surface area contributed by atoms with Gasteiger partial charge in [-0.1, -0.05) is 64.3 Å². The number of rotatable bonds is 7. The normalized spacial score (nSPS) is 37.7.